The molecule has 7 heteroatoms. The average molecular weight is 334 g/mol. The number of halogens is 2. The molecule has 1 amide bonds. The number of benzene rings is 1. The zero-order chi connectivity index (χ0) is 16.9. The highest BCUT2D eigenvalue weighted by molar-refractivity contribution is 5.91. The van der Waals surface area contributed by atoms with E-state index in [0.29, 0.717) is 12.1 Å². The largest absolute Gasteiger partial charge is 0.373 e. The zero-order valence-corrected chi connectivity index (χ0v) is 12.9. The Hall–Kier alpha value is -2.44. The molecule has 1 N–H and O–H groups in total. The number of amides is 1. The first-order valence-electron chi connectivity index (χ1n) is 7.92. The summed E-state index contributed by atoms with van der Waals surface area (Å²) in [5.41, 5.74) is -0.384. The van der Waals surface area contributed by atoms with Gasteiger partial charge in [0, 0.05) is 19.0 Å². The Labute approximate surface area is 136 Å². The predicted molar refractivity (Wildman–Crippen MR) is 80.6 cm³/mol. The maximum Gasteiger partial charge on any atom is 0.292 e. The molecule has 126 valence electrons. The van der Waals surface area contributed by atoms with Crippen molar-refractivity contribution in [3.63, 3.8) is 0 Å². The molecule has 24 heavy (non-hydrogen) atoms. The summed E-state index contributed by atoms with van der Waals surface area (Å²) in [6.45, 7) is 0.745. The highest BCUT2D eigenvalue weighted by atomic mass is 19.2. The summed E-state index contributed by atoms with van der Waals surface area (Å²) in [6.07, 6.45) is 2.75. The minimum absolute atomic E-state index is 0.0603. The fourth-order valence-corrected chi connectivity index (χ4v) is 4.02. The Morgan fingerprint density at radius 2 is 2.12 bits per heavy atom. The van der Waals surface area contributed by atoms with Crippen molar-refractivity contribution >= 4 is 5.91 Å². The van der Waals surface area contributed by atoms with Crippen LogP contribution >= 0.6 is 0 Å². The van der Waals surface area contributed by atoms with Gasteiger partial charge < -0.3 is 9.42 Å². The molecular weight excluding hydrogens is 318 g/mol. The smallest absolute Gasteiger partial charge is 0.292 e. The fourth-order valence-electron chi connectivity index (χ4n) is 4.02. The Morgan fingerprint density at radius 3 is 2.75 bits per heavy atom. The number of aromatic nitrogens is 1. The first-order chi connectivity index (χ1) is 11.5. The van der Waals surface area contributed by atoms with Crippen molar-refractivity contribution in [1.82, 2.24) is 10.1 Å². The molecule has 0 radical (unpaired) electrons. The van der Waals surface area contributed by atoms with Gasteiger partial charge in [0.1, 0.15) is 0 Å². The fraction of sp³-hybridized carbons (Fsp3) is 0.412. The van der Waals surface area contributed by atoms with Gasteiger partial charge in [-0.1, -0.05) is 18.6 Å². The number of carbonyl (C=O) groups is 1. The van der Waals surface area contributed by atoms with Crippen LogP contribution in [0.3, 0.4) is 0 Å². The minimum Gasteiger partial charge on any atom is -0.373 e. The normalized spacial score (nSPS) is 21.9. The molecule has 1 aliphatic carbocycles. The highest BCUT2D eigenvalue weighted by Gasteiger charge is 2.53. The topological polar surface area (TPSA) is 66.3 Å². The van der Waals surface area contributed by atoms with Gasteiger partial charge in [0.15, 0.2) is 11.6 Å². The molecule has 1 saturated heterocycles. The second kappa shape index (κ2) is 5.29. The Balaban J connectivity index is 1.67. The predicted octanol–water partition coefficient (Wildman–Crippen LogP) is 2.66. The molecule has 1 saturated carbocycles. The van der Waals surface area contributed by atoms with Crippen LogP contribution in [-0.4, -0.2) is 29.1 Å². The summed E-state index contributed by atoms with van der Waals surface area (Å²) >= 11 is 0. The first kappa shape index (κ1) is 15.1. The van der Waals surface area contributed by atoms with Crippen LogP contribution in [0, 0.1) is 17.0 Å². The summed E-state index contributed by atoms with van der Waals surface area (Å²) in [5.74, 6) is -2.43. The standard InChI is InChI=1S/C17H16F2N2O3/c18-12-4-1-3-10(15(12)19)11-8-21(9-17(11)5-2-6-17)16(23)13-7-14(22)20-24-13/h1,3-4,7,11H,2,5-6,8-9H2,(H,20,22)/t11-/m0/s1. The van der Waals surface area contributed by atoms with E-state index in [1.165, 1.54) is 6.07 Å². The minimum atomic E-state index is -0.872. The number of nitrogens with one attached hydrogen (secondary N) is 1. The number of carbonyl (C=O) groups excluding carboxylic acids is 1. The third-order valence-corrected chi connectivity index (χ3v) is 5.38. The number of likely N-dealkylation sites (tertiary alicyclic amines) is 1. The van der Waals surface area contributed by atoms with Gasteiger partial charge in [-0.3, -0.25) is 9.59 Å². The summed E-state index contributed by atoms with van der Waals surface area (Å²) in [6, 6.07) is 5.29. The molecule has 1 aromatic heterocycles. The van der Waals surface area contributed by atoms with Gasteiger partial charge >= 0.3 is 0 Å². The summed E-state index contributed by atoms with van der Waals surface area (Å²) in [4.78, 5) is 25.3. The van der Waals surface area contributed by atoms with E-state index in [2.05, 4.69) is 5.16 Å². The van der Waals surface area contributed by atoms with Crippen LogP contribution in [-0.2, 0) is 0 Å². The molecule has 0 unspecified atom stereocenters. The second-order valence-electron chi connectivity index (χ2n) is 6.67. The van der Waals surface area contributed by atoms with Crippen molar-refractivity contribution in [2.45, 2.75) is 25.2 Å². The van der Waals surface area contributed by atoms with Crippen molar-refractivity contribution in [1.29, 1.82) is 0 Å². The Kier molecular flexibility index (Phi) is 3.33. The molecule has 1 aromatic carbocycles. The molecule has 1 spiro atoms. The van der Waals surface area contributed by atoms with E-state index in [-0.39, 0.29) is 23.6 Å². The quantitative estimate of drug-likeness (QED) is 0.918. The number of H-pyrrole nitrogens is 1. The number of hydrogen-bond donors (Lipinski definition) is 1. The molecule has 1 aliphatic heterocycles. The van der Waals surface area contributed by atoms with Gasteiger partial charge in [0.25, 0.3) is 11.5 Å². The van der Waals surface area contributed by atoms with Crippen LogP contribution in [0.1, 0.15) is 41.3 Å². The van der Waals surface area contributed by atoms with E-state index in [4.69, 9.17) is 4.52 Å². The van der Waals surface area contributed by atoms with Crippen LogP contribution in [0.5, 0.6) is 0 Å². The van der Waals surface area contributed by atoms with E-state index in [1.54, 1.807) is 11.0 Å². The van der Waals surface area contributed by atoms with Crippen molar-refractivity contribution in [3.8, 4) is 0 Å². The van der Waals surface area contributed by atoms with E-state index >= 15 is 0 Å². The van der Waals surface area contributed by atoms with E-state index in [1.807, 2.05) is 0 Å². The Morgan fingerprint density at radius 1 is 1.33 bits per heavy atom. The van der Waals surface area contributed by atoms with Crippen molar-refractivity contribution < 1.29 is 18.1 Å². The van der Waals surface area contributed by atoms with Gasteiger partial charge in [0.2, 0.25) is 5.76 Å². The molecular formula is C17H16F2N2O3. The van der Waals surface area contributed by atoms with E-state index in [0.717, 1.165) is 31.4 Å². The lowest BCUT2D eigenvalue weighted by Crippen LogP contribution is -2.38. The highest BCUT2D eigenvalue weighted by Crippen LogP contribution is 2.56. The zero-order valence-electron chi connectivity index (χ0n) is 12.9. The van der Waals surface area contributed by atoms with Crippen molar-refractivity contribution in [2.24, 2.45) is 5.41 Å². The molecule has 0 bridgehead atoms. The van der Waals surface area contributed by atoms with Gasteiger partial charge in [-0.05, 0) is 29.9 Å². The van der Waals surface area contributed by atoms with Crippen LogP contribution in [0.4, 0.5) is 8.78 Å². The lowest BCUT2D eigenvalue weighted by Gasteiger charge is -2.43. The molecule has 5 nitrogen and oxygen atoms in total. The molecule has 2 fully saturated rings. The van der Waals surface area contributed by atoms with Crippen molar-refractivity contribution in [2.75, 3.05) is 13.1 Å². The number of hydrogen-bond acceptors (Lipinski definition) is 3. The van der Waals surface area contributed by atoms with Crippen molar-refractivity contribution in [3.05, 3.63) is 57.6 Å². The number of aromatic amines is 1. The van der Waals surface area contributed by atoms with Crippen LogP contribution in [0.2, 0.25) is 0 Å². The van der Waals surface area contributed by atoms with E-state index in [9.17, 15) is 18.4 Å². The SMILES string of the molecule is O=C(c1cc(=O)[nH]o1)N1C[C@@H](c2cccc(F)c2F)C2(CCC2)C1. The maximum absolute atomic E-state index is 14.3. The molecule has 1 atom stereocenters. The second-order valence-corrected chi connectivity index (χ2v) is 6.67. The molecule has 4 rings (SSSR count). The maximum atomic E-state index is 14.3. The number of nitrogens with zero attached hydrogens (tertiary/aromatic N) is 1. The summed E-state index contributed by atoms with van der Waals surface area (Å²) < 4.78 is 32.8. The average Bonchev–Trinajstić information content (AvgIpc) is 3.13. The monoisotopic (exact) mass is 334 g/mol. The lowest BCUT2D eigenvalue weighted by atomic mass is 9.61. The third kappa shape index (κ3) is 2.18. The lowest BCUT2D eigenvalue weighted by molar-refractivity contribution is 0.0686. The first-order valence-corrected chi connectivity index (χ1v) is 7.92. The van der Waals surface area contributed by atoms with Crippen LogP contribution in [0.25, 0.3) is 0 Å². The summed E-state index contributed by atoms with van der Waals surface area (Å²) in [5, 5.41) is 2.09. The van der Waals surface area contributed by atoms with Crippen LogP contribution in [0.15, 0.2) is 33.6 Å². The third-order valence-electron chi connectivity index (χ3n) is 5.38. The molecule has 2 aliphatic rings. The van der Waals surface area contributed by atoms with Gasteiger partial charge in [-0.2, -0.15) is 5.16 Å². The Bertz CT molecular complexity index is 854. The van der Waals surface area contributed by atoms with Gasteiger partial charge in [-0.25, -0.2) is 8.78 Å². The van der Waals surface area contributed by atoms with E-state index < -0.39 is 23.1 Å². The number of rotatable bonds is 2. The summed E-state index contributed by atoms with van der Waals surface area (Å²) in [7, 11) is 0. The molecule has 2 heterocycles. The van der Waals surface area contributed by atoms with Gasteiger partial charge in [-0.15, -0.1) is 0 Å². The van der Waals surface area contributed by atoms with Gasteiger partial charge in [0.05, 0.1) is 6.07 Å². The van der Waals surface area contributed by atoms with Crippen LogP contribution < -0.4 is 5.56 Å². The molecule has 2 aromatic rings.